The van der Waals surface area contributed by atoms with Crippen LogP contribution in [-0.2, 0) is 13.1 Å². The predicted molar refractivity (Wildman–Crippen MR) is 86.1 cm³/mol. The zero-order valence-corrected chi connectivity index (χ0v) is 13.3. The van der Waals surface area contributed by atoms with Crippen LogP contribution in [0.15, 0.2) is 40.4 Å². The van der Waals surface area contributed by atoms with Crippen LogP contribution in [0.2, 0.25) is 0 Å². The fourth-order valence-corrected chi connectivity index (χ4v) is 3.72. The van der Waals surface area contributed by atoms with Crippen molar-refractivity contribution >= 4 is 23.5 Å². The highest BCUT2D eigenvalue weighted by atomic mass is 32.2. The average Bonchev–Trinajstić information content (AvgIpc) is 2.87. The van der Waals surface area contributed by atoms with E-state index in [1.54, 1.807) is 11.8 Å². The van der Waals surface area contributed by atoms with Gasteiger partial charge in [-0.3, -0.25) is 0 Å². The molecule has 1 aromatic heterocycles. The van der Waals surface area contributed by atoms with Gasteiger partial charge in [-0.05, 0) is 18.6 Å². The van der Waals surface area contributed by atoms with Crippen molar-refractivity contribution in [3.63, 3.8) is 0 Å². The Morgan fingerprint density at radius 2 is 1.85 bits per heavy atom. The standard InChI is InChI=1S/C14H20N4S2/c1-2-8-18-13(11-15)16-17-14(18)20-10-9-19-12-6-4-3-5-7-12/h3-7H,2,8-11,15H2,1H3. The van der Waals surface area contributed by atoms with Gasteiger partial charge in [0.25, 0.3) is 0 Å². The third-order valence-electron chi connectivity index (χ3n) is 2.75. The molecule has 0 aliphatic heterocycles. The fourth-order valence-electron chi connectivity index (χ4n) is 1.83. The maximum absolute atomic E-state index is 5.69. The van der Waals surface area contributed by atoms with Crippen LogP contribution in [0.3, 0.4) is 0 Å². The molecule has 2 N–H and O–H groups in total. The molecule has 0 fully saturated rings. The highest BCUT2D eigenvalue weighted by Crippen LogP contribution is 2.22. The first-order valence-electron chi connectivity index (χ1n) is 6.78. The summed E-state index contributed by atoms with van der Waals surface area (Å²) in [5.41, 5.74) is 5.69. The lowest BCUT2D eigenvalue weighted by atomic mass is 10.4. The van der Waals surface area contributed by atoms with Gasteiger partial charge in [0.2, 0.25) is 0 Å². The second-order valence-corrected chi connectivity index (χ2v) is 6.49. The second-order valence-electron chi connectivity index (χ2n) is 4.26. The Balaban J connectivity index is 1.83. The Labute approximate surface area is 128 Å². The largest absolute Gasteiger partial charge is 0.324 e. The molecule has 2 rings (SSSR count). The molecule has 6 heteroatoms. The molecule has 108 valence electrons. The van der Waals surface area contributed by atoms with E-state index in [2.05, 4.69) is 46.0 Å². The smallest absolute Gasteiger partial charge is 0.191 e. The molecule has 1 heterocycles. The van der Waals surface area contributed by atoms with E-state index in [-0.39, 0.29) is 0 Å². The van der Waals surface area contributed by atoms with Crippen molar-refractivity contribution in [2.45, 2.75) is 36.5 Å². The van der Waals surface area contributed by atoms with Crippen LogP contribution in [0.4, 0.5) is 0 Å². The van der Waals surface area contributed by atoms with Crippen LogP contribution in [-0.4, -0.2) is 26.3 Å². The molecule has 0 atom stereocenters. The summed E-state index contributed by atoms with van der Waals surface area (Å²) in [6, 6.07) is 10.5. The maximum Gasteiger partial charge on any atom is 0.191 e. The quantitative estimate of drug-likeness (QED) is 0.600. The zero-order chi connectivity index (χ0) is 14.2. The maximum atomic E-state index is 5.69. The highest BCUT2D eigenvalue weighted by molar-refractivity contribution is 8.02. The third-order valence-corrected chi connectivity index (χ3v) is 4.99. The lowest BCUT2D eigenvalue weighted by Crippen LogP contribution is -2.09. The van der Waals surface area contributed by atoms with E-state index in [9.17, 15) is 0 Å². The van der Waals surface area contributed by atoms with Gasteiger partial charge in [-0.2, -0.15) is 0 Å². The Morgan fingerprint density at radius 1 is 1.10 bits per heavy atom. The summed E-state index contributed by atoms with van der Waals surface area (Å²) in [6.45, 7) is 3.54. The number of thioether (sulfide) groups is 2. The average molecular weight is 308 g/mol. The summed E-state index contributed by atoms with van der Waals surface area (Å²) in [7, 11) is 0. The molecule has 0 radical (unpaired) electrons. The van der Waals surface area contributed by atoms with Crippen molar-refractivity contribution < 1.29 is 0 Å². The van der Waals surface area contributed by atoms with Crippen molar-refractivity contribution in [3.05, 3.63) is 36.2 Å². The van der Waals surface area contributed by atoms with Gasteiger partial charge in [-0.15, -0.1) is 22.0 Å². The number of aromatic nitrogens is 3. The van der Waals surface area contributed by atoms with E-state index in [0.29, 0.717) is 6.54 Å². The molecule has 20 heavy (non-hydrogen) atoms. The minimum absolute atomic E-state index is 0.451. The summed E-state index contributed by atoms with van der Waals surface area (Å²) in [6.07, 6.45) is 1.07. The highest BCUT2D eigenvalue weighted by Gasteiger charge is 2.10. The van der Waals surface area contributed by atoms with Gasteiger partial charge in [0.05, 0.1) is 6.54 Å². The summed E-state index contributed by atoms with van der Waals surface area (Å²) in [4.78, 5) is 1.31. The lowest BCUT2D eigenvalue weighted by Gasteiger charge is -2.07. The van der Waals surface area contributed by atoms with Crippen LogP contribution in [0, 0.1) is 0 Å². The van der Waals surface area contributed by atoms with Crippen molar-refractivity contribution in [2.24, 2.45) is 5.73 Å². The minimum atomic E-state index is 0.451. The number of benzene rings is 1. The Morgan fingerprint density at radius 3 is 2.55 bits per heavy atom. The van der Waals surface area contributed by atoms with Crippen LogP contribution >= 0.6 is 23.5 Å². The van der Waals surface area contributed by atoms with Crippen LogP contribution in [0.25, 0.3) is 0 Å². The number of hydrogen-bond donors (Lipinski definition) is 1. The van der Waals surface area contributed by atoms with E-state index in [1.165, 1.54) is 4.90 Å². The second kappa shape index (κ2) is 8.34. The molecule has 0 aliphatic rings. The molecule has 0 bridgehead atoms. The van der Waals surface area contributed by atoms with Crippen molar-refractivity contribution in [1.82, 2.24) is 14.8 Å². The van der Waals surface area contributed by atoms with Gasteiger partial charge in [0.1, 0.15) is 5.82 Å². The van der Waals surface area contributed by atoms with Gasteiger partial charge < -0.3 is 10.3 Å². The van der Waals surface area contributed by atoms with Gasteiger partial charge >= 0.3 is 0 Å². The number of hydrogen-bond acceptors (Lipinski definition) is 5. The molecule has 0 unspecified atom stereocenters. The normalized spacial score (nSPS) is 10.9. The number of nitrogens with two attached hydrogens (primary N) is 1. The third kappa shape index (κ3) is 4.26. The summed E-state index contributed by atoms with van der Waals surface area (Å²) < 4.78 is 2.14. The SMILES string of the molecule is CCCn1c(CN)nnc1SCCSc1ccccc1. The molecule has 0 saturated carbocycles. The lowest BCUT2D eigenvalue weighted by molar-refractivity contribution is 0.592. The van der Waals surface area contributed by atoms with Gasteiger partial charge in [0, 0.05) is 22.9 Å². The van der Waals surface area contributed by atoms with E-state index < -0.39 is 0 Å². The fraction of sp³-hybridized carbons (Fsp3) is 0.429. The number of rotatable bonds is 8. The van der Waals surface area contributed by atoms with Crippen molar-refractivity contribution in [2.75, 3.05) is 11.5 Å². The molecule has 0 amide bonds. The van der Waals surface area contributed by atoms with E-state index in [1.807, 2.05) is 17.8 Å². The first-order chi connectivity index (χ1) is 9.85. The van der Waals surface area contributed by atoms with Gasteiger partial charge in [0.15, 0.2) is 5.16 Å². The minimum Gasteiger partial charge on any atom is -0.324 e. The summed E-state index contributed by atoms with van der Waals surface area (Å²) in [5.74, 6) is 2.96. The molecule has 0 saturated heterocycles. The van der Waals surface area contributed by atoms with E-state index in [4.69, 9.17) is 5.73 Å². The molecule has 0 spiro atoms. The zero-order valence-electron chi connectivity index (χ0n) is 11.7. The molecule has 4 nitrogen and oxygen atoms in total. The molecular formula is C14H20N4S2. The van der Waals surface area contributed by atoms with Crippen LogP contribution < -0.4 is 5.73 Å². The first-order valence-corrected chi connectivity index (χ1v) is 8.75. The number of nitrogens with zero attached hydrogens (tertiary/aromatic N) is 3. The van der Waals surface area contributed by atoms with Crippen LogP contribution in [0.5, 0.6) is 0 Å². The first kappa shape index (κ1) is 15.4. The van der Waals surface area contributed by atoms with Crippen molar-refractivity contribution in [1.29, 1.82) is 0 Å². The van der Waals surface area contributed by atoms with Crippen molar-refractivity contribution in [3.8, 4) is 0 Å². The van der Waals surface area contributed by atoms with E-state index in [0.717, 1.165) is 35.5 Å². The Bertz CT molecular complexity index is 513. The van der Waals surface area contributed by atoms with Gasteiger partial charge in [-0.1, -0.05) is 36.9 Å². The van der Waals surface area contributed by atoms with Gasteiger partial charge in [-0.25, -0.2) is 0 Å². The predicted octanol–water partition coefficient (Wildman–Crippen LogP) is 3.03. The molecule has 2 aromatic rings. The molecule has 1 aromatic carbocycles. The summed E-state index contributed by atoms with van der Waals surface area (Å²) in [5, 5.41) is 9.37. The monoisotopic (exact) mass is 308 g/mol. The summed E-state index contributed by atoms with van der Waals surface area (Å²) >= 11 is 3.62. The Hall–Kier alpha value is -0.980. The van der Waals surface area contributed by atoms with E-state index >= 15 is 0 Å². The Kier molecular flexibility index (Phi) is 6.42. The van der Waals surface area contributed by atoms with Crippen LogP contribution in [0.1, 0.15) is 19.2 Å². The molecule has 0 aliphatic carbocycles. The topological polar surface area (TPSA) is 56.7 Å². The molecular weight excluding hydrogens is 288 g/mol.